The number of halogens is 6. The number of carbonyl (C=O) groups excluding carboxylic acids is 2. The van der Waals surface area contributed by atoms with E-state index in [0.717, 1.165) is 27.9 Å². The Hall–Kier alpha value is -2.66. The summed E-state index contributed by atoms with van der Waals surface area (Å²) < 4.78 is 58.2. The standard InChI is InChI=1S/C29H33Cl2F4N3O4/c1-27(2)8-4-17(5-9-27)37(15-22(39)23-20(30)12-16(32)13-21(23)31)25(40)19-14-36-38(24(19)29(33,34)35)18-6-10-28(3,11-7-18)26(41)42/h12-14,17-18H,4-11,15H2,1-3H3,(H,41,42)/t18-,28+. The van der Waals surface area contributed by atoms with Crippen molar-refractivity contribution in [1.82, 2.24) is 14.7 Å². The monoisotopic (exact) mass is 633 g/mol. The number of hydrogen-bond acceptors (Lipinski definition) is 4. The summed E-state index contributed by atoms with van der Waals surface area (Å²) >= 11 is 12.2. The van der Waals surface area contributed by atoms with Gasteiger partial charge in [0, 0.05) is 6.04 Å². The number of hydrogen-bond donors (Lipinski definition) is 1. The van der Waals surface area contributed by atoms with Crippen LogP contribution in [0.2, 0.25) is 10.0 Å². The molecule has 4 rings (SSSR count). The molecule has 2 fully saturated rings. The van der Waals surface area contributed by atoms with Gasteiger partial charge >= 0.3 is 12.1 Å². The predicted molar refractivity (Wildman–Crippen MR) is 148 cm³/mol. The Balaban J connectivity index is 1.70. The second kappa shape index (κ2) is 11.8. The number of Topliss-reactive ketones (excluding diaryl/α,β-unsaturated/α-hetero) is 1. The average molecular weight is 634 g/mol. The van der Waals surface area contributed by atoms with Gasteiger partial charge in [0.25, 0.3) is 5.91 Å². The highest BCUT2D eigenvalue weighted by atomic mass is 35.5. The fourth-order valence-corrected chi connectivity index (χ4v) is 6.71. The molecular formula is C29H33Cl2F4N3O4. The average Bonchev–Trinajstić information content (AvgIpc) is 3.33. The lowest BCUT2D eigenvalue weighted by atomic mass is 9.74. The number of carboxylic acid groups (broad SMARTS) is 1. The van der Waals surface area contributed by atoms with Gasteiger partial charge in [0.15, 0.2) is 11.5 Å². The molecule has 2 aromatic rings. The number of aromatic nitrogens is 2. The molecule has 1 aromatic carbocycles. The molecule has 0 atom stereocenters. The Kier molecular flexibility index (Phi) is 9.05. The first-order chi connectivity index (χ1) is 19.4. The molecule has 0 saturated heterocycles. The van der Waals surface area contributed by atoms with Gasteiger partial charge in [0.2, 0.25) is 0 Å². The molecule has 1 amide bonds. The lowest BCUT2D eigenvalue weighted by Crippen LogP contribution is -2.46. The Labute approximate surface area is 251 Å². The molecule has 1 heterocycles. The summed E-state index contributed by atoms with van der Waals surface area (Å²) in [5.41, 5.74) is -3.23. The second-order valence-electron chi connectivity index (χ2n) is 12.4. The predicted octanol–water partition coefficient (Wildman–Crippen LogP) is 7.85. The number of nitrogens with zero attached hydrogens (tertiary/aromatic N) is 3. The van der Waals surface area contributed by atoms with E-state index in [-0.39, 0.29) is 46.7 Å². The number of amides is 1. The second-order valence-corrected chi connectivity index (χ2v) is 13.3. The van der Waals surface area contributed by atoms with E-state index in [2.05, 4.69) is 18.9 Å². The van der Waals surface area contributed by atoms with Crippen LogP contribution in [0.15, 0.2) is 18.3 Å². The Bertz CT molecular complexity index is 1350. The van der Waals surface area contributed by atoms with E-state index < -0.39 is 65.0 Å². The van der Waals surface area contributed by atoms with Crippen molar-refractivity contribution >= 4 is 40.9 Å². The maximum atomic E-state index is 14.6. The first-order valence-corrected chi connectivity index (χ1v) is 14.6. The van der Waals surface area contributed by atoms with Crippen molar-refractivity contribution in [3.63, 3.8) is 0 Å². The molecule has 0 radical (unpaired) electrons. The molecule has 2 aliphatic rings. The number of benzene rings is 1. The largest absolute Gasteiger partial charge is 0.481 e. The number of ketones is 1. The molecule has 2 aliphatic carbocycles. The maximum Gasteiger partial charge on any atom is 0.433 e. The number of carboxylic acids is 1. The number of alkyl halides is 3. The van der Waals surface area contributed by atoms with Crippen LogP contribution in [-0.2, 0) is 11.0 Å². The summed E-state index contributed by atoms with van der Waals surface area (Å²) in [5, 5.41) is 13.0. The SMILES string of the molecule is CC1(C)CCC(N(CC(=O)c2c(Cl)cc(F)cc2Cl)C(=O)c2cnn([C@H]3CC[C@@](C)(C(=O)O)CC3)c2C(F)(F)F)CC1. The van der Waals surface area contributed by atoms with Gasteiger partial charge in [-0.25, -0.2) is 4.39 Å². The van der Waals surface area contributed by atoms with Crippen molar-refractivity contribution in [2.75, 3.05) is 6.54 Å². The lowest BCUT2D eigenvalue weighted by Gasteiger charge is -2.40. The first-order valence-electron chi connectivity index (χ1n) is 13.8. The quantitative estimate of drug-likeness (QED) is 0.248. The van der Waals surface area contributed by atoms with Crippen LogP contribution in [0.5, 0.6) is 0 Å². The van der Waals surface area contributed by atoms with Crippen molar-refractivity contribution < 1.29 is 37.1 Å². The van der Waals surface area contributed by atoms with E-state index >= 15 is 0 Å². The third-order valence-corrected chi connectivity index (χ3v) is 9.42. The minimum atomic E-state index is -4.96. The van der Waals surface area contributed by atoms with Crippen LogP contribution in [-0.4, -0.2) is 50.0 Å². The summed E-state index contributed by atoms with van der Waals surface area (Å²) in [6, 6.07) is 0.517. The van der Waals surface area contributed by atoms with Gasteiger partial charge in [-0.3, -0.25) is 19.1 Å². The minimum absolute atomic E-state index is 0.0355. The third-order valence-electron chi connectivity index (χ3n) is 8.83. The third kappa shape index (κ3) is 6.61. The maximum absolute atomic E-state index is 14.6. The van der Waals surface area contributed by atoms with Gasteiger partial charge < -0.3 is 10.0 Å². The van der Waals surface area contributed by atoms with Crippen LogP contribution < -0.4 is 0 Å². The molecule has 0 aliphatic heterocycles. The summed E-state index contributed by atoms with van der Waals surface area (Å²) in [6.45, 7) is 5.07. The summed E-state index contributed by atoms with van der Waals surface area (Å²) in [4.78, 5) is 40.1. The van der Waals surface area contributed by atoms with Crippen molar-refractivity contribution in [2.45, 2.75) is 90.4 Å². The van der Waals surface area contributed by atoms with Gasteiger partial charge in [0.05, 0.1) is 45.4 Å². The number of carbonyl (C=O) groups is 3. The zero-order chi connectivity index (χ0) is 31.2. The first kappa shape index (κ1) is 32.3. The van der Waals surface area contributed by atoms with E-state index in [0.29, 0.717) is 25.7 Å². The molecule has 7 nitrogen and oxygen atoms in total. The van der Waals surface area contributed by atoms with Crippen LogP contribution in [0.25, 0.3) is 0 Å². The van der Waals surface area contributed by atoms with Gasteiger partial charge in [-0.15, -0.1) is 0 Å². The molecule has 0 unspecified atom stereocenters. The Morgan fingerprint density at radius 3 is 2.07 bits per heavy atom. The fourth-order valence-electron chi connectivity index (χ4n) is 6.04. The van der Waals surface area contributed by atoms with Crippen molar-refractivity contribution in [2.24, 2.45) is 10.8 Å². The lowest BCUT2D eigenvalue weighted by molar-refractivity contribution is -0.152. The van der Waals surface area contributed by atoms with Crippen molar-refractivity contribution in [1.29, 1.82) is 0 Å². The topological polar surface area (TPSA) is 92.5 Å². The van der Waals surface area contributed by atoms with Gasteiger partial charge in [-0.1, -0.05) is 37.0 Å². The molecule has 1 N–H and O–H groups in total. The highest BCUT2D eigenvalue weighted by molar-refractivity contribution is 6.40. The molecule has 0 spiro atoms. The van der Waals surface area contributed by atoms with Crippen LogP contribution in [0.1, 0.15) is 105 Å². The minimum Gasteiger partial charge on any atom is -0.481 e. The van der Waals surface area contributed by atoms with E-state index in [1.165, 1.54) is 0 Å². The molecule has 13 heteroatoms. The number of aliphatic carboxylic acids is 1. The van der Waals surface area contributed by atoms with Crippen LogP contribution in [0, 0.1) is 16.6 Å². The molecular weight excluding hydrogens is 601 g/mol. The fraction of sp³-hybridized carbons (Fsp3) is 0.586. The highest BCUT2D eigenvalue weighted by Gasteiger charge is 2.46. The summed E-state index contributed by atoms with van der Waals surface area (Å²) in [7, 11) is 0. The molecule has 230 valence electrons. The highest BCUT2D eigenvalue weighted by Crippen LogP contribution is 2.44. The van der Waals surface area contributed by atoms with E-state index in [1.807, 2.05) is 0 Å². The van der Waals surface area contributed by atoms with E-state index in [4.69, 9.17) is 23.2 Å². The van der Waals surface area contributed by atoms with E-state index in [9.17, 15) is 37.1 Å². The molecule has 2 saturated carbocycles. The summed E-state index contributed by atoms with van der Waals surface area (Å²) in [6.07, 6.45) is -1.19. The van der Waals surface area contributed by atoms with E-state index in [1.54, 1.807) is 6.92 Å². The van der Waals surface area contributed by atoms with Gasteiger partial charge in [0.1, 0.15) is 5.82 Å². The zero-order valence-electron chi connectivity index (χ0n) is 23.5. The zero-order valence-corrected chi connectivity index (χ0v) is 25.0. The summed E-state index contributed by atoms with van der Waals surface area (Å²) in [5.74, 6) is -3.51. The van der Waals surface area contributed by atoms with Crippen LogP contribution in [0.4, 0.5) is 17.6 Å². The Morgan fingerprint density at radius 1 is 1.02 bits per heavy atom. The molecule has 0 bridgehead atoms. The Morgan fingerprint density at radius 2 is 1.57 bits per heavy atom. The van der Waals surface area contributed by atoms with Gasteiger partial charge in [-0.05, 0) is 75.8 Å². The van der Waals surface area contributed by atoms with Crippen molar-refractivity contribution in [3.8, 4) is 0 Å². The number of rotatable bonds is 7. The molecule has 42 heavy (non-hydrogen) atoms. The van der Waals surface area contributed by atoms with Gasteiger partial charge in [-0.2, -0.15) is 18.3 Å². The smallest absolute Gasteiger partial charge is 0.433 e. The van der Waals surface area contributed by atoms with Crippen LogP contribution in [0.3, 0.4) is 0 Å². The van der Waals surface area contributed by atoms with Crippen LogP contribution >= 0.6 is 23.2 Å². The normalized spacial score (nSPS) is 23.0. The van der Waals surface area contributed by atoms with Crippen molar-refractivity contribution in [3.05, 3.63) is 51.0 Å². The molecule has 1 aromatic heterocycles.